The van der Waals surface area contributed by atoms with Gasteiger partial charge in [0.05, 0.1) is 11.4 Å². The molecule has 0 aliphatic carbocycles. The van der Waals surface area contributed by atoms with E-state index < -0.39 is 11.6 Å². The highest BCUT2D eigenvalue weighted by atomic mass is 35.5. The molecule has 0 bridgehead atoms. The number of aromatic nitrogens is 3. The van der Waals surface area contributed by atoms with E-state index >= 15 is 0 Å². The second kappa shape index (κ2) is 5.44. The summed E-state index contributed by atoms with van der Waals surface area (Å²) in [6.45, 7) is 2.59. The van der Waals surface area contributed by atoms with E-state index in [-0.39, 0.29) is 11.4 Å². The lowest BCUT2D eigenvalue weighted by atomic mass is 10.2. The highest BCUT2D eigenvalue weighted by molar-refractivity contribution is 6.16. The fraction of sp³-hybridized carbons (Fsp3) is 0.333. The van der Waals surface area contributed by atoms with Crippen LogP contribution in [-0.4, -0.2) is 14.8 Å². The van der Waals surface area contributed by atoms with Crippen molar-refractivity contribution in [2.75, 3.05) is 0 Å². The van der Waals surface area contributed by atoms with Crippen molar-refractivity contribution in [2.24, 2.45) is 0 Å². The first-order valence-electron chi connectivity index (χ1n) is 5.61. The average molecular weight is 272 g/mol. The molecule has 0 amide bonds. The normalized spacial score (nSPS) is 10.9. The van der Waals surface area contributed by atoms with Crippen LogP contribution in [0.3, 0.4) is 0 Å². The standard InChI is InChI=1S/C12H12ClF2N3/c1-2-6-18-10(7-13)16-17-12(18)8-4-3-5-9(14)11(8)15/h3-5H,2,6-7H2,1H3. The van der Waals surface area contributed by atoms with Gasteiger partial charge in [-0.3, -0.25) is 0 Å². The summed E-state index contributed by atoms with van der Waals surface area (Å²) in [5.41, 5.74) is 0.104. The van der Waals surface area contributed by atoms with E-state index in [0.717, 1.165) is 12.5 Å². The van der Waals surface area contributed by atoms with Crippen LogP contribution in [0.2, 0.25) is 0 Å². The summed E-state index contributed by atoms with van der Waals surface area (Å²) in [4.78, 5) is 0. The van der Waals surface area contributed by atoms with Gasteiger partial charge in [-0.15, -0.1) is 21.8 Å². The first-order valence-corrected chi connectivity index (χ1v) is 6.15. The van der Waals surface area contributed by atoms with Gasteiger partial charge in [0.1, 0.15) is 5.82 Å². The number of hydrogen-bond acceptors (Lipinski definition) is 2. The van der Waals surface area contributed by atoms with Gasteiger partial charge in [0.2, 0.25) is 0 Å². The molecule has 0 radical (unpaired) electrons. The van der Waals surface area contributed by atoms with Gasteiger partial charge < -0.3 is 4.57 Å². The molecule has 0 fully saturated rings. The van der Waals surface area contributed by atoms with Crippen molar-refractivity contribution < 1.29 is 8.78 Å². The highest BCUT2D eigenvalue weighted by Gasteiger charge is 2.17. The monoisotopic (exact) mass is 271 g/mol. The number of halogens is 3. The van der Waals surface area contributed by atoms with Crippen LogP contribution in [0.15, 0.2) is 18.2 Å². The number of hydrogen-bond donors (Lipinski definition) is 0. The Balaban J connectivity index is 2.56. The van der Waals surface area contributed by atoms with Gasteiger partial charge in [-0.25, -0.2) is 8.78 Å². The third kappa shape index (κ3) is 2.22. The fourth-order valence-corrected chi connectivity index (χ4v) is 1.97. The minimum Gasteiger partial charge on any atom is -0.310 e. The number of rotatable bonds is 4. The maximum absolute atomic E-state index is 13.7. The molecule has 1 aromatic carbocycles. The quantitative estimate of drug-likeness (QED) is 0.798. The molecule has 2 rings (SSSR count). The molecule has 0 spiro atoms. The van der Waals surface area contributed by atoms with Crippen molar-refractivity contribution in [3.05, 3.63) is 35.7 Å². The van der Waals surface area contributed by atoms with Crippen molar-refractivity contribution in [2.45, 2.75) is 25.8 Å². The van der Waals surface area contributed by atoms with Crippen LogP contribution < -0.4 is 0 Å². The van der Waals surface area contributed by atoms with Gasteiger partial charge >= 0.3 is 0 Å². The van der Waals surface area contributed by atoms with Crippen LogP contribution >= 0.6 is 11.6 Å². The van der Waals surface area contributed by atoms with Crippen LogP contribution in [-0.2, 0) is 12.4 Å². The number of nitrogens with zero attached hydrogens (tertiary/aromatic N) is 3. The molecule has 1 heterocycles. The summed E-state index contributed by atoms with van der Waals surface area (Å²) in [7, 11) is 0. The molecule has 0 aliphatic heterocycles. The fourth-order valence-electron chi connectivity index (χ4n) is 1.77. The summed E-state index contributed by atoms with van der Waals surface area (Å²) in [5.74, 6) is -0.764. The zero-order chi connectivity index (χ0) is 13.1. The third-order valence-electron chi connectivity index (χ3n) is 2.59. The number of alkyl halides is 1. The van der Waals surface area contributed by atoms with Crippen molar-refractivity contribution in [3.8, 4) is 11.4 Å². The lowest BCUT2D eigenvalue weighted by Gasteiger charge is -2.08. The minimum absolute atomic E-state index is 0.104. The zero-order valence-electron chi connectivity index (χ0n) is 9.83. The van der Waals surface area contributed by atoms with Gasteiger partial charge in [-0.2, -0.15) is 0 Å². The predicted molar refractivity (Wildman–Crippen MR) is 65.2 cm³/mol. The molecule has 1 aromatic heterocycles. The molecule has 96 valence electrons. The summed E-state index contributed by atoms with van der Waals surface area (Å²) in [5, 5.41) is 7.79. The van der Waals surface area contributed by atoms with Gasteiger partial charge in [0.15, 0.2) is 17.5 Å². The van der Waals surface area contributed by atoms with Gasteiger partial charge in [-0.1, -0.05) is 13.0 Å². The van der Waals surface area contributed by atoms with Crippen LogP contribution in [0.25, 0.3) is 11.4 Å². The molecule has 0 atom stereocenters. The minimum atomic E-state index is -0.914. The topological polar surface area (TPSA) is 30.7 Å². The Kier molecular flexibility index (Phi) is 3.91. The van der Waals surface area contributed by atoms with Crippen LogP contribution in [0, 0.1) is 11.6 Å². The molecule has 2 aromatic rings. The molecule has 3 nitrogen and oxygen atoms in total. The summed E-state index contributed by atoms with van der Waals surface area (Å²) in [6, 6.07) is 3.99. The first-order chi connectivity index (χ1) is 8.69. The molecule has 0 unspecified atom stereocenters. The Morgan fingerprint density at radius 1 is 1.28 bits per heavy atom. The maximum Gasteiger partial charge on any atom is 0.169 e. The molecule has 0 aliphatic rings. The molecule has 18 heavy (non-hydrogen) atoms. The van der Waals surface area contributed by atoms with Crippen LogP contribution in [0.5, 0.6) is 0 Å². The van der Waals surface area contributed by atoms with E-state index in [2.05, 4.69) is 10.2 Å². The van der Waals surface area contributed by atoms with Gasteiger partial charge in [0, 0.05) is 6.54 Å². The summed E-state index contributed by atoms with van der Waals surface area (Å²) < 4.78 is 28.7. The molecule has 0 saturated heterocycles. The largest absolute Gasteiger partial charge is 0.310 e. The lowest BCUT2D eigenvalue weighted by Crippen LogP contribution is -2.05. The molecular formula is C12H12ClF2N3. The van der Waals surface area contributed by atoms with E-state index in [1.165, 1.54) is 12.1 Å². The SMILES string of the molecule is CCCn1c(CCl)nnc1-c1cccc(F)c1F. The lowest BCUT2D eigenvalue weighted by molar-refractivity contribution is 0.509. The van der Waals surface area contributed by atoms with E-state index in [0.29, 0.717) is 18.2 Å². The van der Waals surface area contributed by atoms with Crippen LogP contribution in [0.1, 0.15) is 19.2 Å². The first kappa shape index (κ1) is 13.0. The van der Waals surface area contributed by atoms with Crippen molar-refractivity contribution in [3.63, 3.8) is 0 Å². The summed E-state index contributed by atoms with van der Waals surface area (Å²) >= 11 is 5.75. The molecule has 0 N–H and O–H groups in total. The van der Waals surface area contributed by atoms with E-state index in [1.54, 1.807) is 4.57 Å². The van der Waals surface area contributed by atoms with Gasteiger partial charge in [0.25, 0.3) is 0 Å². The Hall–Kier alpha value is -1.49. The number of benzene rings is 1. The molecule has 6 heteroatoms. The second-order valence-corrected chi connectivity index (χ2v) is 4.09. The smallest absolute Gasteiger partial charge is 0.169 e. The Morgan fingerprint density at radius 2 is 2.06 bits per heavy atom. The predicted octanol–water partition coefficient (Wildman–Crippen LogP) is 3.37. The van der Waals surface area contributed by atoms with Crippen LogP contribution in [0.4, 0.5) is 8.78 Å². The zero-order valence-corrected chi connectivity index (χ0v) is 10.6. The highest BCUT2D eigenvalue weighted by Crippen LogP contribution is 2.24. The van der Waals surface area contributed by atoms with Gasteiger partial charge in [-0.05, 0) is 18.6 Å². The summed E-state index contributed by atoms with van der Waals surface area (Å²) in [6.07, 6.45) is 0.825. The average Bonchev–Trinajstić information content (AvgIpc) is 2.76. The Morgan fingerprint density at radius 3 is 2.72 bits per heavy atom. The molecule has 0 saturated carbocycles. The van der Waals surface area contributed by atoms with Crippen molar-refractivity contribution in [1.82, 2.24) is 14.8 Å². The van der Waals surface area contributed by atoms with Crippen molar-refractivity contribution >= 4 is 11.6 Å². The Bertz CT molecular complexity index is 554. The molecular weight excluding hydrogens is 260 g/mol. The van der Waals surface area contributed by atoms with E-state index in [1.807, 2.05) is 6.92 Å². The van der Waals surface area contributed by atoms with E-state index in [4.69, 9.17) is 11.6 Å². The van der Waals surface area contributed by atoms with Crippen molar-refractivity contribution in [1.29, 1.82) is 0 Å². The third-order valence-corrected chi connectivity index (χ3v) is 2.83. The van der Waals surface area contributed by atoms with E-state index in [9.17, 15) is 8.78 Å². The Labute approximate surface area is 108 Å². The maximum atomic E-state index is 13.7. The second-order valence-electron chi connectivity index (χ2n) is 3.83.